The Hall–Kier alpha value is -1.05. The third kappa shape index (κ3) is 7.79. The Kier molecular flexibility index (Phi) is 8.88. The SMILES string of the molecule is CCC1CC(CC2CC(CC(C)O)OC(CCc3cccnc3)O2)OC(C(C)(C)C)O1. The van der Waals surface area contributed by atoms with E-state index in [2.05, 4.69) is 38.7 Å². The number of nitrogens with zero attached hydrogens (tertiary/aromatic N) is 1. The molecule has 0 bridgehead atoms. The average Bonchev–Trinajstić information content (AvgIpc) is 2.71. The van der Waals surface area contributed by atoms with Crippen molar-refractivity contribution in [3.05, 3.63) is 30.1 Å². The van der Waals surface area contributed by atoms with Crippen molar-refractivity contribution in [2.24, 2.45) is 5.41 Å². The van der Waals surface area contributed by atoms with E-state index in [1.165, 1.54) is 5.56 Å². The number of hydrogen-bond donors (Lipinski definition) is 1. The molecule has 6 heteroatoms. The van der Waals surface area contributed by atoms with Crippen molar-refractivity contribution in [2.75, 3.05) is 0 Å². The Balaban J connectivity index is 1.62. The minimum absolute atomic E-state index is 0.00197. The lowest BCUT2D eigenvalue weighted by molar-refractivity contribution is -0.294. The van der Waals surface area contributed by atoms with Crippen molar-refractivity contribution in [2.45, 2.75) is 123 Å². The van der Waals surface area contributed by atoms with Crippen LogP contribution in [0.15, 0.2) is 24.5 Å². The minimum atomic E-state index is -0.392. The van der Waals surface area contributed by atoms with Gasteiger partial charge in [-0.25, -0.2) is 0 Å². The van der Waals surface area contributed by atoms with Gasteiger partial charge in [0.1, 0.15) is 0 Å². The summed E-state index contributed by atoms with van der Waals surface area (Å²) in [6, 6.07) is 4.03. The Morgan fingerprint density at radius 3 is 2.39 bits per heavy atom. The van der Waals surface area contributed by atoms with Crippen LogP contribution < -0.4 is 0 Å². The molecule has 3 heterocycles. The van der Waals surface area contributed by atoms with Crippen molar-refractivity contribution in [1.29, 1.82) is 0 Å². The first-order chi connectivity index (χ1) is 14.7. The zero-order chi connectivity index (χ0) is 22.4. The van der Waals surface area contributed by atoms with Gasteiger partial charge in [0, 0.05) is 43.5 Å². The van der Waals surface area contributed by atoms with E-state index in [-0.39, 0.29) is 42.4 Å². The summed E-state index contributed by atoms with van der Waals surface area (Å²) in [6.45, 7) is 10.5. The molecule has 2 fully saturated rings. The van der Waals surface area contributed by atoms with E-state index >= 15 is 0 Å². The highest BCUT2D eigenvalue weighted by Crippen LogP contribution is 2.35. The van der Waals surface area contributed by atoms with Crippen LogP contribution in [0.4, 0.5) is 0 Å². The lowest BCUT2D eigenvalue weighted by Gasteiger charge is -2.43. The van der Waals surface area contributed by atoms with Crippen LogP contribution in [0, 0.1) is 5.41 Å². The van der Waals surface area contributed by atoms with Crippen LogP contribution in [0.3, 0.4) is 0 Å². The second-order valence-corrected chi connectivity index (χ2v) is 10.3. The summed E-state index contributed by atoms with van der Waals surface area (Å²) in [4.78, 5) is 4.19. The Morgan fingerprint density at radius 2 is 1.74 bits per heavy atom. The van der Waals surface area contributed by atoms with E-state index < -0.39 is 6.10 Å². The highest BCUT2D eigenvalue weighted by atomic mass is 16.7. The molecule has 3 rings (SSSR count). The first-order valence-corrected chi connectivity index (χ1v) is 11.9. The van der Waals surface area contributed by atoms with Gasteiger partial charge in [-0.2, -0.15) is 0 Å². The summed E-state index contributed by atoms with van der Waals surface area (Å²) >= 11 is 0. The summed E-state index contributed by atoms with van der Waals surface area (Å²) in [5.74, 6) is 0. The van der Waals surface area contributed by atoms with Crippen molar-refractivity contribution in [1.82, 2.24) is 4.98 Å². The summed E-state index contributed by atoms with van der Waals surface area (Å²) in [5.41, 5.74) is 1.11. The Bertz CT molecular complexity index is 647. The molecule has 1 aromatic rings. The second-order valence-electron chi connectivity index (χ2n) is 10.3. The quantitative estimate of drug-likeness (QED) is 0.642. The van der Waals surface area contributed by atoms with Crippen LogP contribution in [-0.2, 0) is 25.4 Å². The molecule has 31 heavy (non-hydrogen) atoms. The predicted molar refractivity (Wildman–Crippen MR) is 120 cm³/mol. The molecule has 6 nitrogen and oxygen atoms in total. The summed E-state index contributed by atoms with van der Waals surface area (Å²) < 4.78 is 25.1. The maximum absolute atomic E-state index is 9.93. The van der Waals surface area contributed by atoms with Gasteiger partial charge in [-0.15, -0.1) is 0 Å². The predicted octanol–water partition coefficient (Wildman–Crippen LogP) is 4.63. The van der Waals surface area contributed by atoms with Crippen LogP contribution in [0.2, 0.25) is 0 Å². The number of hydrogen-bond acceptors (Lipinski definition) is 6. The number of ether oxygens (including phenoxy) is 4. The summed E-state index contributed by atoms with van der Waals surface area (Å²) in [7, 11) is 0. The third-order valence-electron chi connectivity index (χ3n) is 6.06. The van der Waals surface area contributed by atoms with Crippen LogP contribution in [0.5, 0.6) is 0 Å². The summed E-state index contributed by atoms with van der Waals surface area (Å²) in [6.07, 6.45) is 8.93. The van der Waals surface area contributed by atoms with Gasteiger partial charge < -0.3 is 24.1 Å². The van der Waals surface area contributed by atoms with Gasteiger partial charge >= 0.3 is 0 Å². The second kappa shape index (κ2) is 11.2. The Labute approximate surface area is 187 Å². The molecule has 0 aromatic carbocycles. The maximum atomic E-state index is 9.93. The first kappa shape index (κ1) is 24.6. The maximum Gasteiger partial charge on any atom is 0.163 e. The number of aryl methyl sites for hydroxylation is 1. The van der Waals surface area contributed by atoms with Crippen LogP contribution in [-0.4, -0.2) is 53.2 Å². The molecule has 0 aliphatic carbocycles. The fourth-order valence-corrected chi connectivity index (χ4v) is 4.42. The lowest BCUT2D eigenvalue weighted by atomic mass is 9.92. The molecule has 7 atom stereocenters. The summed E-state index contributed by atoms with van der Waals surface area (Å²) in [5, 5.41) is 9.93. The van der Waals surface area contributed by atoms with Crippen LogP contribution >= 0.6 is 0 Å². The van der Waals surface area contributed by atoms with E-state index in [1.807, 2.05) is 19.2 Å². The van der Waals surface area contributed by atoms with Crippen molar-refractivity contribution in [3.8, 4) is 0 Å². The molecule has 0 saturated carbocycles. The highest BCUT2D eigenvalue weighted by molar-refractivity contribution is 5.08. The molecule has 2 aliphatic rings. The fraction of sp³-hybridized carbons (Fsp3) is 0.800. The van der Waals surface area contributed by atoms with E-state index in [1.54, 1.807) is 6.20 Å². The Morgan fingerprint density at radius 1 is 1.06 bits per heavy atom. The van der Waals surface area contributed by atoms with Crippen LogP contribution in [0.1, 0.15) is 78.7 Å². The zero-order valence-electron chi connectivity index (χ0n) is 19.8. The molecule has 7 unspecified atom stereocenters. The van der Waals surface area contributed by atoms with Gasteiger partial charge in [-0.1, -0.05) is 33.8 Å². The van der Waals surface area contributed by atoms with Crippen molar-refractivity contribution in [3.63, 3.8) is 0 Å². The minimum Gasteiger partial charge on any atom is -0.393 e. The van der Waals surface area contributed by atoms with Crippen molar-refractivity contribution < 1.29 is 24.1 Å². The first-order valence-electron chi connectivity index (χ1n) is 11.9. The largest absolute Gasteiger partial charge is 0.393 e. The molecule has 2 aliphatic heterocycles. The topological polar surface area (TPSA) is 70.0 Å². The third-order valence-corrected chi connectivity index (χ3v) is 6.06. The van der Waals surface area contributed by atoms with Gasteiger partial charge in [0.2, 0.25) is 0 Å². The molecule has 2 saturated heterocycles. The fourth-order valence-electron chi connectivity index (χ4n) is 4.42. The molecule has 1 aromatic heterocycles. The normalized spacial score (nSPS) is 33.2. The number of aromatic nitrogens is 1. The molecular formula is C25H41NO5. The highest BCUT2D eigenvalue weighted by Gasteiger charge is 2.39. The van der Waals surface area contributed by atoms with Crippen molar-refractivity contribution >= 4 is 0 Å². The molecular weight excluding hydrogens is 394 g/mol. The van der Waals surface area contributed by atoms with E-state index in [9.17, 15) is 5.11 Å². The molecule has 1 N–H and O–H groups in total. The number of aliphatic hydroxyl groups is 1. The molecule has 0 amide bonds. The van der Waals surface area contributed by atoms with Gasteiger partial charge in [-0.3, -0.25) is 4.98 Å². The number of pyridine rings is 1. The van der Waals surface area contributed by atoms with E-state index in [0.29, 0.717) is 6.42 Å². The average molecular weight is 436 g/mol. The molecule has 0 radical (unpaired) electrons. The number of aliphatic hydroxyl groups excluding tert-OH is 1. The van der Waals surface area contributed by atoms with E-state index in [0.717, 1.165) is 38.5 Å². The monoisotopic (exact) mass is 435 g/mol. The zero-order valence-corrected chi connectivity index (χ0v) is 19.8. The van der Waals surface area contributed by atoms with E-state index in [4.69, 9.17) is 18.9 Å². The smallest absolute Gasteiger partial charge is 0.163 e. The van der Waals surface area contributed by atoms with Gasteiger partial charge in [0.05, 0.1) is 30.5 Å². The lowest BCUT2D eigenvalue weighted by Crippen LogP contribution is -2.47. The molecule has 176 valence electrons. The number of rotatable bonds is 8. The van der Waals surface area contributed by atoms with Gasteiger partial charge in [-0.05, 0) is 37.8 Å². The standard InChI is InChI=1S/C25H41NO5/c1-6-19-13-22(31-24(30-19)25(3,4)5)15-21-14-20(12-17(2)27)28-23(29-21)10-9-18-8-7-11-26-16-18/h7-8,11,16-17,19-24,27H,6,9-10,12-15H2,1-5H3. The van der Waals surface area contributed by atoms with Gasteiger partial charge in [0.15, 0.2) is 12.6 Å². The molecule has 0 spiro atoms. The van der Waals surface area contributed by atoms with Gasteiger partial charge in [0.25, 0.3) is 0 Å². The van der Waals surface area contributed by atoms with Crippen LogP contribution in [0.25, 0.3) is 0 Å².